The molecule has 0 fully saturated rings. The van der Waals surface area contributed by atoms with Gasteiger partial charge < -0.3 is 5.11 Å². The van der Waals surface area contributed by atoms with Gasteiger partial charge in [0.15, 0.2) is 0 Å². The van der Waals surface area contributed by atoms with E-state index in [0.717, 1.165) is 25.7 Å². The maximum atomic E-state index is 10.5. The van der Waals surface area contributed by atoms with Crippen LogP contribution in [0.15, 0.2) is 48.6 Å². The number of unbranched alkanes of at least 4 members (excludes halogenated alkanes) is 3. The van der Waals surface area contributed by atoms with Gasteiger partial charge in [0.1, 0.15) is 0 Å². The largest absolute Gasteiger partial charge is 0.481 e. The molecule has 0 heterocycles. The summed E-state index contributed by atoms with van der Waals surface area (Å²) in [5.41, 5.74) is 0. The van der Waals surface area contributed by atoms with Gasteiger partial charge in [-0.2, -0.15) is 0 Å². The summed E-state index contributed by atoms with van der Waals surface area (Å²) in [6.07, 6.45) is 26.6. The monoisotopic (exact) mass is 318 g/mol. The Bertz CT molecular complexity index is 389. The van der Waals surface area contributed by atoms with E-state index < -0.39 is 5.97 Å². The molecule has 1 N–H and O–H groups in total. The van der Waals surface area contributed by atoms with Crippen LogP contribution in [0.25, 0.3) is 0 Å². The number of hydrogen-bond acceptors (Lipinski definition) is 1. The quantitative estimate of drug-likeness (QED) is 0.294. The molecule has 0 radical (unpaired) electrons. The van der Waals surface area contributed by atoms with Gasteiger partial charge in [-0.25, -0.2) is 0 Å². The average Bonchev–Trinajstić information content (AvgIpc) is 2.50. The lowest BCUT2D eigenvalue weighted by atomic mass is 10.0. The van der Waals surface area contributed by atoms with Gasteiger partial charge in [0.25, 0.3) is 0 Å². The normalized spacial score (nSPS) is 13.8. The Morgan fingerprint density at radius 1 is 0.870 bits per heavy atom. The Hall–Kier alpha value is -1.57. The second-order valence-corrected chi connectivity index (χ2v) is 6.03. The first-order chi connectivity index (χ1) is 11.2. The molecule has 0 saturated carbocycles. The van der Waals surface area contributed by atoms with Crippen LogP contribution in [0.2, 0.25) is 0 Å². The summed E-state index contributed by atoms with van der Waals surface area (Å²) in [6.45, 7) is 4.20. The number of carboxylic acid groups (broad SMARTS) is 1. The number of hydrogen-bond donors (Lipinski definition) is 1. The summed E-state index contributed by atoms with van der Waals surface area (Å²) in [4.78, 5) is 10.5. The van der Waals surface area contributed by atoms with Crippen LogP contribution in [0.5, 0.6) is 0 Å². The third kappa shape index (κ3) is 18.4. The molecule has 0 spiro atoms. The van der Waals surface area contributed by atoms with Gasteiger partial charge in [0.2, 0.25) is 0 Å². The number of carbonyl (C=O) groups is 1. The van der Waals surface area contributed by atoms with E-state index in [-0.39, 0.29) is 12.3 Å². The fourth-order valence-electron chi connectivity index (χ4n) is 2.15. The van der Waals surface area contributed by atoms with E-state index in [2.05, 4.69) is 55.5 Å². The smallest absolute Gasteiger partial charge is 0.303 e. The van der Waals surface area contributed by atoms with Crippen molar-refractivity contribution >= 4 is 5.97 Å². The van der Waals surface area contributed by atoms with Crippen molar-refractivity contribution in [1.29, 1.82) is 0 Å². The maximum Gasteiger partial charge on any atom is 0.303 e. The first-order valence-corrected chi connectivity index (χ1v) is 8.98. The lowest BCUT2D eigenvalue weighted by molar-refractivity contribution is -0.137. The van der Waals surface area contributed by atoms with Crippen molar-refractivity contribution in [3.63, 3.8) is 0 Å². The van der Waals surface area contributed by atoms with Gasteiger partial charge in [-0.15, -0.1) is 0 Å². The molecule has 1 unspecified atom stereocenters. The molecule has 0 rings (SSSR count). The molecule has 0 aromatic carbocycles. The topological polar surface area (TPSA) is 37.3 Å². The van der Waals surface area contributed by atoms with Crippen LogP contribution in [0.1, 0.15) is 71.6 Å². The third-order valence-corrected chi connectivity index (χ3v) is 3.52. The molecule has 130 valence electrons. The molecule has 2 nitrogen and oxygen atoms in total. The predicted octanol–water partition coefficient (Wildman–Crippen LogP) is 6.46. The molecule has 0 aromatic rings. The molecule has 2 heteroatoms. The highest BCUT2D eigenvalue weighted by molar-refractivity contribution is 5.66. The Balaban J connectivity index is 3.52. The summed E-state index contributed by atoms with van der Waals surface area (Å²) < 4.78 is 0. The SMILES string of the molecule is CCCCC/C=C\C/C=C\C/C=C\C/C=C\CC(C)CC(=O)O. The standard InChI is InChI=1S/C21H34O2/c1-3-4-5-6-7-8-9-10-11-12-13-14-15-16-17-18-20(2)19-21(22)23/h7-8,10-11,13-14,16-17,20H,3-6,9,12,15,18-19H2,1-2H3,(H,22,23)/b8-7-,11-10-,14-13-,17-16-. The van der Waals surface area contributed by atoms with Crippen molar-refractivity contribution in [2.24, 2.45) is 5.92 Å². The molecule has 0 aliphatic carbocycles. The van der Waals surface area contributed by atoms with Crippen LogP contribution in [0.4, 0.5) is 0 Å². The van der Waals surface area contributed by atoms with E-state index in [9.17, 15) is 4.79 Å². The third-order valence-electron chi connectivity index (χ3n) is 3.52. The van der Waals surface area contributed by atoms with E-state index in [1.807, 2.05) is 6.92 Å². The van der Waals surface area contributed by atoms with E-state index in [4.69, 9.17) is 5.11 Å². The Labute approximate surface area is 142 Å². The van der Waals surface area contributed by atoms with Gasteiger partial charge in [-0.3, -0.25) is 4.79 Å². The molecule has 1 atom stereocenters. The molecule has 0 aliphatic rings. The summed E-state index contributed by atoms with van der Waals surface area (Å²) in [5.74, 6) is -0.501. The molecular weight excluding hydrogens is 284 g/mol. The van der Waals surface area contributed by atoms with Gasteiger partial charge in [-0.05, 0) is 44.4 Å². The van der Waals surface area contributed by atoms with E-state index in [1.54, 1.807) is 0 Å². The number of allylic oxidation sites excluding steroid dienone is 8. The molecule has 0 aromatic heterocycles. The minimum atomic E-state index is -0.714. The lowest BCUT2D eigenvalue weighted by Gasteiger charge is -2.02. The second-order valence-electron chi connectivity index (χ2n) is 6.03. The van der Waals surface area contributed by atoms with Gasteiger partial charge in [0, 0.05) is 6.42 Å². The van der Waals surface area contributed by atoms with E-state index >= 15 is 0 Å². The first-order valence-electron chi connectivity index (χ1n) is 8.98. The van der Waals surface area contributed by atoms with Crippen LogP contribution in [-0.4, -0.2) is 11.1 Å². The molecule has 23 heavy (non-hydrogen) atoms. The van der Waals surface area contributed by atoms with Crippen LogP contribution in [0.3, 0.4) is 0 Å². The minimum absolute atomic E-state index is 0.214. The molecule has 0 bridgehead atoms. The van der Waals surface area contributed by atoms with Crippen molar-refractivity contribution in [3.8, 4) is 0 Å². The van der Waals surface area contributed by atoms with Crippen LogP contribution >= 0.6 is 0 Å². The van der Waals surface area contributed by atoms with Gasteiger partial charge >= 0.3 is 5.97 Å². The Morgan fingerprint density at radius 2 is 1.39 bits per heavy atom. The zero-order chi connectivity index (χ0) is 17.2. The number of aliphatic carboxylic acids is 1. The summed E-state index contributed by atoms with van der Waals surface area (Å²) >= 11 is 0. The second kappa shape index (κ2) is 16.8. The minimum Gasteiger partial charge on any atom is -0.481 e. The first kappa shape index (κ1) is 21.4. The summed E-state index contributed by atoms with van der Waals surface area (Å²) in [7, 11) is 0. The number of carboxylic acids is 1. The van der Waals surface area contributed by atoms with E-state index in [0.29, 0.717) is 0 Å². The molecule has 0 saturated heterocycles. The molecule has 0 amide bonds. The van der Waals surface area contributed by atoms with Crippen molar-refractivity contribution in [2.45, 2.75) is 71.6 Å². The average molecular weight is 319 g/mol. The summed E-state index contributed by atoms with van der Waals surface area (Å²) in [6, 6.07) is 0. The summed E-state index contributed by atoms with van der Waals surface area (Å²) in [5, 5.41) is 8.66. The number of rotatable bonds is 14. The zero-order valence-electron chi connectivity index (χ0n) is 14.9. The van der Waals surface area contributed by atoms with Crippen LogP contribution in [0, 0.1) is 5.92 Å². The van der Waals surface area contributed by atoms with Crippen LogP contribution in [-0.2, 0) is 4.79 Å². The van der Waals surface area contributed by atoms with Crippen molar-refractivity contribution in [3.05, 3.63) is 48.6 Å². The highest BCUT2D eigenvalue weighted by Crippen LogP contribution is 2.08. The van der Waals surface area contributed by atoms with Crippen LogP contribution < -0.4 is 0 Å². The van der Waals surface area contributed by atoms with Gasteiger partial charge in [-0.1, -0.05) is 75.3 Å². The molecule has 0 aliphatic heterocycles. The zero-order valence-corrected chi connectivity index (χ0v) is 14.9. The Kier molecular flexibility index (Phi) is 15.6. The highest BCUT2D eigenvalue weighted by atomic mass is 16.4. The van der Waals surface area contributed by atoms with E-state index in [1.165, 1.54) is 25.7 Å². The van der Waals surface area contributed by atoms with Crippen molar-refractivity contribution in [2.75, 3.05) is 0 Å². The fraction of sp³-hybridized carbons (Fsp3) is 0.571. The lowest BCUT2D eigenvalue weighted by Crippen LogP contribution is -2.02. The molecular formula is C21H34O2. The van der Waals surface area contributed by atoms with Crippen molar-refractivity contribution in [1.82, 2.24) is 0 Å². The fourth-order valence-corrected chi connectivity index (χ4v) is 2.15. The highest BCUT2D eigenvalue weighted by Gasteiger charge is 2.04. The van der Waals surface area contributed by atoms with Gasteiger partial charge in [0.05, 0.1) is 0 Å². The predicted molar refractivity (Wildman–Crippen MR) is 101 cm³/mol. The Morgan fingerprint density at radius 3 is 1.91 bits per heavy atom. The van der Waals surface area contributed by atoms with Crippen molar-refractivity contribution < 1.29 is 9.90 Å². The maximum absolute atomic E-state index is 10.5.